The molecule has 3 rings (SSSR count). The third-order valence-electron chi connectivity index (χ3n) is 4.57. The van der Waals surface area contributed by atoms with Crippen molar-refractivity contribution >= 4 is 0 Å². The highest BCUT2D eigenvalue weighted by molar-refractivity contribution is 5.20. The Balaban J connectivity index is 1.86. The van der Waals surface area contributed by atoms with E-state index in [-0.39, 0.29) is 12.1 Å². The zero-order valence-electron chi connectivity index (χ0n) is 11.1. The van der Waals surface area contributed by atoms with E-state index in [4.69, 9.17) is 0 Å². The van der Waals surface area contributed by atoms with E-state index in [2.05, 4.69) is 14.9 Å². The largest absolute Gasteiger partial charge is 0.451 e. The van der Waals surface area contributed by atoms with Crippen LogP contribution in [0.1, 0.15) is 37.1 Å². The average molecular weight is 287 g/mol. The normalized spacial score (nSPS) is 34.5. The highest BCUT2D eigenvalue weighted by Gasteiger charge is 2.47. The van der Waals surface area contributed by atoms with E-state index in [1.807, 2.05) is 7.05 Å². The molecule has 2 bridgehead atoms. The molecule has 0 radical (unpaired) electrons. The number of rotatable bonds is 1. The fourth-order valence-corrected chi connectivity index (χ4v) is 3.40. The van der Waals surface area contributed by atoms with Gasteiger partial charge in [0.1, 0.15) is 0 Å². The molecule has 0 saturated carbocycles. The van der Waals surface area contributed by atoms with Crippen molar-refractivity contribution in [1.82, 2.24) is 14.9 Å². The van der Waals surface area contributed by atoms with Crippen LogP contribution in [-0.4, -0.2) is 39.1 Å². The van der Waals surface area contributed by atoms with Gasteiger partial charge < -0.3 is 10.0 Å². The van der Waals surface area contributed by atoms with Crippen LogP contribution in [0.3, 0.4) is 0 Å². The van der Waals surface area contributed by atoms with Crippen molar-refractivity contribution in [2.45, 2.75) is 49.5 Å². The lowest BCUT2D eigenvalue weighted by Crippen LogP contribution is -2.47. The lowest BCUT2D eigenvalue weighted by Gasteiger charge is -2.42. The second-order valence-corrected chi connectivity index (χ2v) is 5.78. The Morgan fingerprint density at radius 1 is 1.20 bits per heavy atom. The van der Waals surface area contributed by atoms with Gasteiger partial charge in [0.25, 0.3) is 0 Å². The van der Waals surface area contributed by atoms with Crippen molar-refractivity contribution < 1.29 is 18.3 Å². The average Bonchev–Trinajstić information content (AvgIpc) is 2.62. The SMILES string of the molecule is CN1C2CCC1CC(O)(c1cnc(C(F)(F)F)nc1)C2. The van der Waals surface area contributed by atoms with E-state index in [1.165, 1.54) is 0 Å². The molecule has 1 aromatic rings. The molecule has 2 fully saturated rings. The highest BCUT2D eigenvalue weighted by atomic mass is 19.4. The number of aromatic nitrogens is 2. The molecule has 4 nitrogen and oxygen atoms in total. The van der Waals surface area contributed by atoms with Gasteiger partial charge in [-0.25, -0.2) is 9.97 Å². The molecule has 2 unspecified atom stereocenters. The maximum atomic E-state index is 12.4. The first-order chi connectivity index (χ1) is 9.29. The molecule has 1 aromatic heterocycles. The number of hydrogen-bond donors (Lipinski definition) is 1. The Labute approximate surface area is 114 Å². The van der Waals surface area contributed by atoms with Gasteiger partial charge in [0, 0.05) is 30.0 Å². The van der Waals surface area contributed by atoms with Gasteiger partial charge in [-0.2, -0.15) is 13.2 Å². The molecule has 2 aliphatic rings. The van der Waals surface area contributed by atoms with Crippen molar-refractivity contribution in [3.8, 4) is 0 Å². The first-order valence-electron chi connectivity index (χ1n) is 6.64. The number of nitrogens with zero attached hydrogens (tertiary/aromatic N) is 3. The van der Waals surface area contributed by atoms with Gasteiger partial charge in [-0.3, -0.25) is 0 Å². The highest BCUT2D eigenvalue weighted by Crippen LogP contribution is 2.44. The Morgan fingerprint density at radius 2 is 1.70 bits per heavy atom. The van der Waals surface area contributed by atoms with E-state index in [9.17, 15) is 18.3 Å². The summed E-state index contributed by atoms with van der Waals surface area (Å²) in [6.07, 6.45) is 0.757. The molecular weight excluding hydrogens is 271 g/mol. The number of hydrogen-bond acceptors (Lipinski definition) is 4. The predicted molar refractivity (Wildman–Crippen MR) is 64.7 cm³/mol. The van der Waals surface area contributed by atoms with Gasteiger partial charge in [-0.05, 0) is 32.7 Å². The second kappa shape index (κ2) is 4.39. The monoisotopic (exact) mass is 287 g/mol. The van der Waals surface area contributed by atoms with E-state index < -0.39 is 17.6 Å². The van der Waals surface area contributed by atoms with E-state index in [1.54, 1.807) is 0 Å². The number of fused-ring (bicyclic) bond motifs is 2. The smallest absolute Gasteiger partial charge is 0.385 e. The van der Waals surface area contributed by atoms with Gasteiger partial charge in [0.15, 0.2) is 0 Å². The zero-order valence-corrected chi connectivity index (χ0v) is 11.1. The zero-order chi connectivity index (χ0) is 14.5. The van der Waals surface area contributed by atoms with Crippen molar-refractivity contribution in [3.05, 3.63) is 23.8 Å². The second-order valence-electron chi connectivity index (χ2n) is 5.78. The summed E-state index contributed by atoms with van der Waals surface area (Å²) in [5, 5.41) is 10.7. The number of alkyl halides is 3. The minimum absolute atomic E-state index is 0.279. The first-order valence-corrected chi connectivity index (χ1v) is 6.64. The fraction of sp³-hybridized carbons (Fsp3) is 0.692. The molecule has 2 aliphatic heterocycles. The topological polar surface area (TPSA) is 49.2 Å². The molecular formula is C13H16F3N3O. The number of piperidine rings is 1. The molecule has 0 aromatic carbocycles. The van der Waals surface area contributed by atoms with Gasteiger partial charge >= 0.3 is 6.18 Å². The molecule has 0 aliphatic carbocycles. The van der Waals surface area contributed by atoms with Crippen LogP contribution in [0.2, 0.25) is 0 Å². The minimum Gasteiger partial charge on any atom is -0.385 e. The summed E-state index contributed by atoms with van der Waals surface area (Å²) >= 11 is 0. The van der Waals surface area contributed by atoms with E-state index in [0.717, 1.165) is 25.2 Å². The van der Waals surface area contributed by atoms with Gasteiger partial charge in [-0.1, -0.05) is 0 Å². The number of aliphatic hydroxyl groups is 1. The number of halogens is 3. The summed E-state index contributed by atoms with van der Waals surface area (Å²) in [6.45, 7) is 0. The molecule has 0 spiro atoms. The third-order valence-corrected chi connectivity index (χ3v) is 4.57. The summed E-state index contributed by atoms with van der Waals surface area (Å²) in [5.41, 5.74) is -0.724. The Morgan fingerprint density at radius 3 is 2.15 bits per heavy atom. The van der Waals surface area contributed by atoms with Crippen LogP contribution in [0.5, 0.6) is 0 Å². The van der Waals surface area contributed by atoms with Crippen molar-refractivity contribution in [2.24, 2.45) is 0 Å². The first kappa shape index (κ1) is 13.8. The fourth-order valence-electron chi connectivity index (χ4n) is 3.40. The van der Waals surface area contributed by atoms with Crippen LogP contribution in [0.4, 0.5) is 13.2 Å². The summed E-state index contributed by atoms with van der Waals surface area (Å²) in [5.74, 6) is -1.17. The molecule has 20 heavy (non-hydrogen) atoms. The molecule has 1 N–H and O–H groups in total. The van der Waals surface area contributed by atoms with Gasteiger partial charge in [0.2, 0.25) is 5.82 Å². The van der Waals surface area contributed by atoms with Gasteiger partial charge in [-0.15, -0.1) is 0 Å². The predicted octanol–water partition coefficient (Wildman–Crippen LogP) is 1.94. The maximum Gasteiger partial charge on any atom is 0.451 e. The van der Waals surface area contributed by atoms with Crippen LogP contribution >= 0.6 is 0 Å². The third kappa shape index (κ3) is 2.18. The van der Waals surface area contributed by atoms with Crippen LogP contribution in [-0.2, 0) is 11.8 Å². The minimum atomic E-state index is -4.55. The van der Waals surface area contributed by atoms with Crippen molar-refractivity contribution in [3.63, 3.8) is 0 Å². The summed E-state index contributed by atoms with van der Waals surface area (Å²) in [4.78, 5) is 8.95. The summed E-state index contributed by atoms with van der Waals surface area (Å²) in [6, 6.07) is 0.557. The van der Waals surface area contributed by atoms with Crippen LogP contribution in [0.25, 0.3) is 0 Å². The Bertz CT molecular complexity index is 489. The van der Waals surface area contributed by atoms with E-state index >= 15 is 0 Å². The van der Waals surface area contributed by atoms with Crippen LogP contribution in [0, 0.1) is 0 Å². The van der Waals surface area contributed by atoms with Crippen molar-refractivity contribution in [1.29, 1.82) is 0 Å². The molecule has 3 heterocycles. The standard InChI is InChI=1S/C13H16F3N3O/c1-19-9-2-3-10(19)5-12(20,4-9)8-6-17-11(18-7-8)13(14,15)16/h6-7,9-10,20H,2-5H2,1H3. The Kier molecular flexibility index (Phi) is 3.02. The van der Waals surface area contributed by atoms with Crippen molar-refractivity contribution in [2.75, 3.05) is 7.05 Å². The molecule has 2 saturated heterocycles. The molecule has 7 heteroatoms. The maximum absolute atomic E-state index is 12.4. The lowest BCUT2D eigenvalue weighted by molar-refractivity contribution is -0.145. The van der Waals surface area contributed by atoms with Gasteiger partial charge in [0.05, 0.1) is 5.60 Å². The molecule has 2 atom stereocenters. The van der Waals surface area contributed by atoms with E-state index in [0.29, 0.717) is 18.4 Å². The quantitative estimate of drug-likeness (QED) is 0.857. The Hall–Kier alpha value is -1.21. The molecule has 110 valence electrons. The lowest BCUT2D eigenvalue weighted by atomic mass is 9.82. The van der Waals surface area contributed by atoms with Crippen LogP contribution in [0.15, 0.2) is 12.4 Å². The summed E-state index contributed by atoms with van der Waals surface area (Å²) < 4.78 is 37.3. The van der Waals surface area contributed by atoms with Crippen LogP contribution < -0.4 is 0 Å². The molecule has 0 amide bonds. The summed E-state index contributed by atoms with van der Waals surface area (Å²) in [7, 11) is 2.03.